The highest BCUT2D eigenvalue weighted by atomic mass is 19.1. The molecule has 0 atom stereocenters. The zero-order valence-electron chi connectivity index (χ0n) is 14.0. The van der Waals surface area contributed by atoms with E-state index in [-0.39, 0.29) is 17.3 Å². The van der Waals surface area contributed by atoms with E-state index in [0.717, 1.165) is 0 Å². The molecule has 0 bridgehead atoms. The molecule has 5 nitrogen and oxygen atoms in total. The fourth-order valence-corrected chi connectivity index (χ4v) is 1.83. The molecule has 2 aromatic rings. The van der Waals surface area contributed by atoms with Crippen molar-refractivity contribution in [2.45, 2.75) is 26.4 Å². The van der Waals surface area contributed by atoms with E-state index >= 15 is 0 Å². The van der Waals surface area contributed by atoms with Crippen LogP contribution in [0.1, 0.15) is 31.1 Å². The fourth-order valence-electron chi connectivity index (χ4n) is 1.83. The van der Waals surface area contributed by atoms with Crippen molar-refractivity contribution < 1.29 is 18.7 Å². The first-order valence-electron chi connectivity index (χ1n) is 7.63. The van der Waals surface area contributed by atoms with Crippen LogP contribution >= 0.6 is 0 Å². The average molecular weight is 332 g/mol. The van der Waals surface area contributed by atoms with E-state index in [2.05, 4.69) is 10.3 Å². The van der Waals surface area contributed by atoms with Gasteiger partial charge in [0.1, 0.15) is 12.4 Å². The molecular weight excluding hydrogens is 311 g/mol. The first-order valence-corrected chi connectivity index (χ1v) is 7.63. The minimum Gasteiger partial charge on any atom is -0.475 e. The molecule has 2 rings (SSSR count). The second-order valence-electron chi connectivity index (χ2n) is 6.16. The molecule has 1 amide bonds. The van der Waals surface area contributed by atoms with Gasteiger partial charge in [-0.3, -0.25) is 4.79 Å². The molecule has 6 heteroatoms. The molecule has 0 unspecified atom stereocenters. The maximum Gasteiger partial charge on any atom is 0.257 e. The molecule has 0 saturated heterocycles. The summed E-state index contributed by atoms with van der Waals surface area (Å²) >= 11 is 0. The second kappa shape index (κ2) is 7.88. The monoisotopic (exact) mass is 332 g/mol. The molecule has 1 heterocycles. The highest BCUT2D eigenvalue weighted by Gasteiger charge is 2.10. The summed E-state index contributed by atoms with van der Waals surface area (Å²) in [5.41, 5.74) is 0.692. The number of amides is 1. The molecule has 1 aromatic heterocycles. The Morgan fingerprint density at radius 3 is 2.42 bits per heavy atom. The Balaban J connectivity index is 1.84. The Morgan fingerprint density at radius 1 is 1.12 bits per heavy atom. The van der Waals surface area contributed by atoms with E-state index in [1.807, 2.05) is 20.8 Å². The van der Waals surface area contributed by atoms with E-state index < -0.39 is 0 Å². The van der Waals surface area contributed by atoms with Gasteiger partial charge in [-0.15, -0.1) is 0 Å². The summed E-state index contributed by atoms with van der Waals surface area (Å²) in [5.74, 6) is -0.255. The molecule has 0 aliphatic heterocycles. The predicted octanol–water partition coefficient (Wildman–Crippen LogP) is 3.67. The van der Waals surface area contributed by atoms with Crippen molar-refractivity contribution in [3.8, 4) is 5.88 Å². The molecule has 1 N–H and O–H groups in total. The summed E-state index contributed by atoms with van der Waals surface area (Å²) < 4.78 is 23.8. The molecule has 0 radical (unpaired) electrons. The van der Waals surface area contributed by atoms with Crippen molar-refractivity contribution in [3.63, 3.8) is 0 Å². The van der Waals surface area contributed by atoms with E-state index in [0.29, 0.717) is 30.3 Å². The third-order valence-electron chi connectivity index (χ3n) is 2.97. The van der Waals surface area contributed by atoms with Crippen molar-refractivity contribution in [1.29, 1.82) is 0 Å². The van der Waals surface area contributed by atoms with E-state index in [1.165, 1.54) is 30.5 Å². The molecular formula is C18H21FN2O3. The lowest BCUT2D eigenvalue weighted by Crippen LogP contribution is -2.22. The van der Waals surface area contributed by atoms with Crippen molar-refractivity contribution >= 4 is 11.6 Å². The van der Waals surface area contributed by atoms with E-state index in [4.69, 9.17) is 9.47 Å². The number of carbonyl (C=O) groups is 1. The van der Waals surface area contributed by atoms with Crippen LogP contribution in [0.25, 0.3) is 0 Å². The van der Waals surface area contributed by atoms with Gasteiger partial charge < -0.3 is 14.8 Å². The van der Waals surface area contributed by atoms with Gasteiger partial charge in [-0.25, -0.2) is 9.37 Å². The molecule has 24 heavy (non-hydrogen) atoms. The highest BCUT2D eigenvalue weighted by Crippen LogP contribution is 2.13. The van der Waals surface area contributed by atoms with Gasteiger partial charge in [-0.2, -0.15) is 0 Å². The van der Waals surface area contributed by atoms with Gasteiger partial charge in [0, 0.05) is 18.0 Å². The van der Waals surface area contributed by atoms with Crippen LogP contribution in [0.4, 0.5) is 10.1 Å². The predicted molar refractivity (Wildman–Crippen MR) is 89.8 cm³/mol. The minimum atomic E-state index is -0.355. The quantitative estimate of drug-likeness (QED) is 0.820. The minimum absolute atomic E-state index is 0.209. The normalized spacial score (nSPS) is 11.2. The second-order valence-corrected chi connectivity index (χ2v) is 6.16. The summed E-state index contributed by atoms with van der Waals surface area (Å²) in [6.45, 7) is 6.75. The van der Waals surface area contributed by atoms with Crippen LogP contribution in [0.5, 0.6) is 5.88 Å². The number of pyridine rings is 1. The maximum absolute atomic E-state index is 12.8. The van der Waals surface area contributed by atoms with Gasteiger partial charge in [-0.1, -0.05) is 0 Å². The Bertz CT molecular complexity index is 664. The van der Waals surface area contributed by atoms with Crippen LogP contribution in [0, 0.1) is 5.82 Å². The lowest BCUT2D eigenvalue weighted by molar-refractivity contribution is -0.0168. The third kappa shape index (κ3) is 5.96. The summed E-state index contributed by atoms with van der Waals surface area (Å²) in [6, 6.07) is 8.79. The van der Waals surface area contributed by atoms with Crippen LogP contribution in [-0.2, 0) is 4.74 Å². The number of nitrogens with one attached hydrogen (secondary N) is 1. The number of anilines is 1. The number of hydrogen-bond donors (Lipinski definition) is 1. The lowest BCUT2D eigenvalue weighted by Gasteiger charge is -2.19. The largest absolute Gasteiger partial charge is 0.475 e. The fraction of sp³-hybridized carbons (Fsp3) is 0.333. The molecule has 0 aliphatic rings. The molecule has 0 saturated carbocycles. The summed E-state index contributed by atoms with van der Waals surface area (Å²) in [7, 11) is 0. The van der Waals surface area contributed by atoms with Gasteiger partial charge in [-0.05, 0) is 51.1 Å². The smallest absolute Gasteiger partial charge is 0.257 e. The molecule has 128 valence electrons. The van der Waals surface area contributed by atoms with Crippen LogP contribution < -0.4 is 10.1 Å². The van der Waals surface area contributed by atoms with Crippen molar-refractivity contribution in [2.75, 3.05) is 18.5 Å². The Morgan fingerprint density at radius 2 is 1.83 bits per heavy atom. The Kier molecular flexibility index (Phi) is 5.87. The topological polar surface area (TPSA) is 60.5 Å². The van der Waals surface area contributed by atoms with Gasteiger partial charge >= 0.3 is 0 Å². The number of nitrogens with zero attached hydrogens (tertiary/aromatic N) is 1. The molecule has 1 aromatic carbocycles. The zero-order chi connectivity index (χ0) is 17.6. The number of rotatable bonds is 6. The van der Waals surface area contributed by atoms with Crippen molar-refractivity contribution in [3.05, 3.63) is 54.0 Å². The van der Waals surface area contributed by atoms with Crippen LogP contribution in [0.3, 0.4) is 0 Å². The Hall–Kier alpha value is -2.47. The maximum atomic E-state index is 12.8. The number of hydrogen-bond acceptors (Lipinski definition) is 4. The molecule has 0 spiro atoms. The average Bonchev–Trinajstić information content (AvgIpc) is 2.53. The number of ether oxygens (including phenoxy) is 2. The standard InChI is InChI=1S/C18H21FN2O3/c1-18(2,3)24-11-10-23-16-9-4-13(12-20-16)17(22)21-15-7-5-14(19)6-8-15/h4-9,12H,10-11H2,1-3H3,(H,21,22). The third-order valence-corrected chi connectivity index (χ3v) is 2.97. The zero-order valence-corrected chi connectivity index (χ0v) is 14.0. The number of halogens is 1. The van der Waals surface area contributed by atoms with Crippen molar-refractivity contribution in [1.82, 2.24) is 4.98 Å². The number of aromatic nitrogens is 1. The number of benzene rings is 1. The van der Waals surface area contributed by atoms with E-state index in [1.54, 1.807) is 12.1 Å². The van der Waals surface area contributed by atoms with Gasteiger partial charge in [0.25, 0.3) is 5.91 Å². The summed E-state index contributed by atoms with van der Waals surface area (Å²) in [5, 5.41) is 2.67. The molecule has 0 aliphatic carbocycles. The van der Waals surface area contributed by atoms with Crippen LogP contribution in [0.15, 0.2) is 42.6 Å². The first kappa shape index (κ1) is 17.9. The molecule has 0 fully saturated rings. The number of carbonyl (C=O) groups excluding carboxylic acids is 1. The van der Waals surface area contributed by atoms with Gasteiger partial charge in [0.05, 0.1) is 17.8 Å². The highest BCUT2D eigenvalue weighted by molar-refractivity contribution is 6.04. The Labute approximate surface area is 140 Å². The lowest BCUT2D eigenvalue weighted by atomic mass is 10.2. The summed E-state index contributed by atoms with van der Waals surface area (Å²) in [4.78, 5) is 16.2. The first-order chi connectivity index (χ1) is 11.3. The van der Waals surface area contributed by atoms with Crippen LogP contribution in [0.2, 0.25) is 0 Å². The van der Waals surface area contributed by atoms with E-state index in [9.17, 15) is 9.18 Å². The van der Waals surface area contributed by atoms with Crippen molar-refractivity contribution in [2.24, 2.45) is 0 Å². The van der Waals surface area contributed by atoms with Gasteiger partial charge in [0.2, 0.25) is 5.88 Å². The van der Waals surface area contributed by atoms with Gasteiger partial charge in [0.15, 0.2) is 0 Å². The summed E-state index contributed by atoms with van der Waals surface area (Å²) in [6.07, 6.45) is 1.43. The van der Waals surface area contributed by atoms with Crippen LogP contribution in [-0.4, -0.2) is 29.7 Å². The SMILES string of the molecule is CC(C)(C)OCCOc1ccc(C(=O)Nc2ccc(F)cc2)cn1.